The molecule has 0 aromatic carbocycles. The maximum Gasteiger partial charge on any atom is 0.159 e. The van der Waals surface area contributed by atoms with Crippen LogP contribution in [0.15, 0.2) is 60.3 Å². The Hall–Kier alpha value is -1.67. The van der Waals surface area contributed by atoms with Crippen molar-refractivity contribution < 1.29 is 9.90 Å². The Balaban J connectivity index is 1.99. The van der Waals surface area contributed by atoms with Gasteiger partial charge in [-0.25, -0.2) is 0 Å². The number of rotatable bonds is 2. The third-order valence-electron chi connectivity index (χ3n) is 3.67. The van der Waals surface area contributed by atoms with Crippen molar-refractivity contribution in [2.75, 3.05) is 0 Å². The highest BCUT2D eigenvalue weighted by Gasteiger charge is 2.46. The van der Waals surface area contributed by atoms with Gasteiger partial charge in [-0.05, 0) is 11.6 Å². The molecule has 0 heterocycles. The van der Waals surface area contributed by atoms with Gasteiger partial charge >= 0.3 is 0 Å². The van der Waals surface area contributed by atoms with Crippen molar-refractivity contribution in [3.63, 3.8) is 0 Å². The third kappa shape index (κ3) is 1.56. The van der Waals surface area contributed by atoms with E-state index in [0.29, 0.717) is 0 Å². The van der Waals surface area contributed by atoms with E-state index in [-0.39, 0.29) is 24.0 Å². The molecule has 1 unspecified atom stereocenters. The molecular weight excluding hydrogens is 212 g/mol. The first kappa shape index (κ1) is 10.5. The summed E-state index contributed by atoms with van der Waals surface area (Å²) in [6.07, 6.45) is 17.5. The van der Waals surface area contributed by atoms with Gasteiger partial charge in [-0.3, -0.25) is 4.79 Å². The van der Waals surface area contributed by atoms with Crippen LogP contribution in [0.25, 0.3) is 0 Å². The largest absolute Gasteiger partial charge is 0.384 e. The predicted molar refractivity (Wildman–Crippen MR) is 66.2 cm³/mol. The highest BCUT2D eigenvalue weighted by Crippen LogP contribution is 2.43. The first-order valence-electron chi connectivity index (χ1n) is 5.87. The van der Waals surface area contributed by atoms with E-state index in [0.717, 1.165) is 5.57 Å². The highest BCUT2D eigenvalue weighted by molar-refractivity contribution is 5.95. The first-order chi connectivity index (χ1) is 8.20. The van der Waals surface area contributed by atoms with E-state index in [1.807, 2.05) is 48.6 Å². The van der Waals surface area contributed by atoms with Gasteiger partial charge in [-0.1, -0.05) is 48.6 Å². The van der Waals surface area contributed by atoms with Crippen LogP contribution in [-0.2, 0) is 4.79 Å². The molecule has 0 saturated carbocycles. The monoisotopic (exact) mass is 226 g/mol. The third-order valence-corrected chi connectivity index (χ3v) is 3.67. The number of allylic oxidation sites excluding steroid dienone is 7. The maximum absolute atomic E-state index is 11.6. The molecule has 3 aliphatic rings. The number of ketones is 1. The molecule has 2 heteroatoms. The van der Waals surface area contributed by atoms with Gasteiger partial charge in [0.1, 0.15) is 5.60 Å². The van der Waals surface area contributed by atoms with Crippen molar-refractivity contribution in [2.45, 2.75) is 12.0 Å². The second-order valence-corrected chi connectivity index (χ2v) is 4.76. The van der Waals surface area contributed by atoms with Crippen LogP contribution in [-0.4, -0.2) is 16.5 Å². The summed E-state index contributed by atoms with van der Waals surface area (Å²) < 4.78 is 0. The average Bonchev–Trinajstić information content (AvgIpc) is 2.97. The quantitative estimate of drug-likeness (QED) is 0.783. The minimum absolute atomic E-state index is 0.0184. The summed E-state index contributed by atoms with van der Waals surface area (Å²) >= 11 is 0. The summed E-state index contributed by atoms with van der Waals surface area (Å²) in [7, 11) is 0. The summed E-state index contributed by atoms with van der Waals surface area (Å²) in [6, 6.07) is 0. The van der Waals surface area contributed by atoms with E-state index in [2.05, 4.69) is 0 Å². The lowest BCUT2D eigenvalue weighted by molar-refractivity contribution is -0.117. The van der Waals surface area contributed by atoms with E-state index in [4.69, 9.17) is 0 Å². The number of hydrogen-bond donors (Lipinski definition) is 1. The lowest BCUT2D eigenvalue weighted by atomic mass is 9.78. The smallest absolute Gasteiger partial charge is 0.159 e. The van der Waals surface area contributed by atoms with Gasteiger partial charge in [0, 0.05) is 18.3 Å². The Morgan fingerprint density at radius 2 is 1.65 bits per heavy atom. The molecule has 1 atom stereocenters. The standard InChI is InChI=1S/C15H14O2/c16-13-9-14(11-5-1-2-6-11)15(17,10-13)12-7-3-4-8-12/h1-9,11-12,17H,10H2. The molecule has 2 nitrogen and oxygen atoms in total. The second kappa shape index (κ2) is 3.67. The molecule has 3 aliphatic carbocycles. The van der Waals surface area contributed by atoms with Crippen molar-refractivity contribution >= 4 is 5.78 Å². The van der Waals surface area contributed by atoms with Crippen molar-refractivity contribution in [3.8, 4) is 0 Å². The minimum Gasteiger partial charge on any atom is -0.384 e. The van der Waals surface area contributed by atoms with Gasteiger partial charge in [0.25, 0.3) is 0 Å². The summed E-state index contributed by atoms with van der Waals surface area (Å²) in [6.45, 7) is 0. The van der Waals surface area contributed by atoms with Crippen LogP contribution in [0.3, 0.4) is 0 Å². The number of carbonyl (C=O) groups is 1. The fraction of sp³-hybridized carbons (Fsp3) is 0.267. The SMILES string of the molecule is O=C1C=C(C2C=CC=C2)C(O)(C2C=CC=C2)C1. The second-order valence-electron chi connectivity index (χ2n) is 4.76. The van der Waals surface area contributed by atoms with E-state index in [1.165, 1.54) is 0 Å². The Bertz CT molecular complexity index is 481. The molecule has 1 N–H and O–H groups in total. The lowest BCUT2D eigenvalue weighted by Crippen LogP contribution is -2.37. The van der Waals surface area contributed by atoms with Crippen LogP contribution in [0, 0.1) is 11.8 Å². The molecule has 0 radical (unpaired) electrons. The van der Waals surface area contributed by atoms with Crippen LogP contribution in [0.5, 0.6) is 0 Å². The zero-order valence-electron chi connectivity index (χ0n) is 9.41. The molecule has 0 bridgehead atoms. The van der Waals surface area contributed by atoms with Crippen molar-refractivity contribution in [2.24, 2.45) is 11.8 Å². The average molecular weight is 226 g/mol. The van der Waals surface area contributed by atoms with Crippen LogP contribution in [0.1, 0.15) is 6.42 Å². The Kier molecular flexibility index (Phi) is 2.26. The van der Waals surface area contributed by atoms with E-state index in [1.54, 1.807) is 6.08 Å². The molecule has 0 spiro atoms. The lowest BCUT2D eigenvalue weighted by Gasteiger charge is -2.32. The van der Waals surface area contributed by atoms with Gasteiger partial charge in [0.05, 0.1) is 0 Å². The normalized spacial score (nSPS) is 32.1. The molecule has 0 saturated heterocycles. The molecule has 0 aromatic heterocycles. The Labute approximate surface area is 100 Å². The zero-order valence-corrected chi connectivity index (χ0v) is 9.41. The fourth-order valence-corrected chi connectivity index (χ4v) is 2.80. The topological polar surface area (TPSA) is 37.3 Å². The van der Waals surface area contributed by atoms with Crippen LogP contribution in [0.4, 0.5) is 0 Å². The van der Waals surface area contributed by atoms with E-state index in [9.17, 15) is 9.90 Å². The summed E-state index contributed by atoms with van der Waals surface area (Å²) in [5.41, 5.74) is -0.210. The van der Waals surface area contributed by atoms with Gasteiger partial charge in [0.15, 0.2) is 5.78 Å². The Morgan fingerprint density at radius 3 is 2.29 bits per heavy atom. The van der Waals surface area contributed by atoms with Crippen LogP contribution in [0.2, 0.25) is 0 Å². The maximum atomic E-state index is 11.6. The van der Waals surface area contributed by atoms with E-state index >= 15 is 0 Å². The molecule has 17 heavy (non-hydrogen) atoms. The summed E-state index contributed by atoms with van der Waals surface area (Å²) in [4.78, 5) is 11.6. The summed E-state index contributed by atoms with van der Waals surface area (Å²) in [5, 5.41) is 10.8. The molecule has 0 fully saturated rings. The predicted octanol–water partition coefficient (Wildman–Crippen LogP) is 2.10. The molecular formula is C15H14O2. The summed E-state index contributed by atoms with van der Waals surface area (Å²) in [5.74, 6) is 0.00125. The first-order valence-corrected chi connectivity index (χ1v) is 5.87. The Morgan fingerprint density at radius 1 is 1.06 bits per heavy atom. The van der Waals surface area contributed by atoms with Gasteiger partial charge in [-0.15, -0.1) is 0 Å². The number of aliphatic hydroxyl groups is 1. The molecule has 0 amide bonds. The molecule has 0 aromatic rings. The molecule has 3 rings (SSSR count). The molecule has 0 aliphatic heterocycles. The number of hydrogen-bond acceptors (Lipinski definition) is 2. The highest BCUT2D eigenvalue weighted by atomic mass is 16.3. The minimum atomic E-state index is -1.04. The number of carbonyl (C=O) groups excluding carboxylic acids is 1. The zero-order chi connectivity index (χ0) is 11.9. The van der Waals surface area contributed by atoms with Gasteiger partial charge < -0.3 is 5.11 Å². The van der Waals surface area contributed by atoms with Gasteiger partial charge in [-0.2, -0.15) is 0 Å². The van der Waals surface area contributed by atoms with Crippen LogP contribution < -0.4 is 0 Å². The van der Waals surface area contributed by atoms with E-state index < -0.39 is 5.60 Å². The van der Waals surface area contributed by atoms with Crippen molar-refractivity contribution in [3.05, 3.63) is 60.3 Å². The van der Waals surface area contributed by atoms with Crippen LogP contribution >= 0.6 is 0 Å². The van der Waals surface area contributed by atoms with Crippen molar-refractivity contribution in [1.82, 2.24) is 0 Å². The molecule has 86 valence electrons. The van der Waals surface area contributed by atoms with Crippen molar-refractivity contribution in [1.29, 1.82) is 0 Å². The van der Waals surface area contributed by atoms with Gasteiger partial charge in [0.2, 0.25) is 0 Å². The fourth-order valence-electron chi connectivity index (χ4n) is 2.80.